The summed E-state index contributed by atoms with van der Waals surface area (Å²) in [6.07, 6.45) is 2.95. The fraction of sp³-hybridized carbons (Fsp3) is 0.350. The SMILES string of the molecule is CCCCCNC(=O)CN(c1ccccc1)S(=O)(=O)c1ccc(OC)cc1. The highest BCUT2D eigenvalue weighted by Crippen LogP contribution is 2.24. The Morgan fingerprint density at radius 1 is 1.04 bits per heavy atom. The van der Waals surface area contributed by atoms with Crippen LogP contribution in [-0.4, -0.2) is 34.5 Å². The van der Waals surface area contributed by atoms with E-state index in [0.717, 1.165) is 23.6 Å². The minimum atomic E-state index is -3.89. The van der Waals surface area contributed by atoms with Gasteiger partial charge < -0.3 is 10.1 Å². The molecule has 6 nitrogen and oxygen atoms in total. The van der Waals surface area contributed by atoms with E-state index in [9.17, 15) is 13.2 Å². The second kappa shape index (κ2) is 9.97. The zero-order chi connectivity index (χ0) is 19.7. The molecule has 1 amide bonds. The van der Waals surface area contributed by atoms with Crippen LogP contribution in [-0.2, 0) is 14.8 Å². The molecule has 0 aromatic heterocycles. The number of carbonyl (C=O) groups is 1. The van der Waals surface area contributed by atoms with Gasteiger partial charge in [0.15, 0.2) is 0 Å². The lowest BCUT2D eigenvalue weighted by Crippen LogP contribution is -2.41. The van der Waals surface area contributed by atoms with Crippen LogP contribution in [0.5, 0.6) is 5.75 Å². The number of hydrogen-bond acceptors (Lipinski definition) is 4. The Bertz CT molecular complexity index is 821. The highest BCUT2D eigenvalue weighted by molar-refractivity contribution is 7.92. The first kappa shape index (κ1) is 20.8. The van der Waals surface area contributed by atoms with Crippen LogP contribution in [0.25, 0.3) is 0 Å². The molecule has 0 spiro atoms. The average molecular weight is 391 g/mol. The second-order valence-corrected chi connectivity index (χ2v) is 7.94. The van der Waals surface area contributed by atoms with Crippen LogP contribution in [0.1, 0.15) is 26.2 Å². The number of para-hydroxylation sites is 1. The van der Waals surface area contributed by atoms with E-state index in [0.29, 0.717) is 18.0 Å². The van der Waals surface area contributed by atoms with Crippen molar-refractivity contribution >= 4 is 21.6 Å². The predicted octanol–water partition coefficient (Wildman–Crippen LogP) is 3.20. The molecule has 0 saturated heterocycles. The van der Waals surface area contributed by atoms with Gasteiger partial charge in [-0.3, -0.25) is 9.10 Å². The highest BCUT2D eigenvalue weighted by atomic mass is 32.2. The maximum Gasteiger partial charge on any atom is 0.264 e. The number of nitrogens with zero attached hydrogens (tertiary/aromatic N) is 1. The third-order valence-electron chi connectivity index (χ3n) is 4.08. The first-order chi connectivity index (χ1) is 13.0. The Morgan fingerprint density at radius 2 is 1.70 bits per heavy atom. The van der Waals surface area contributed by atoms with Crippen molar-refractivity contribution < 1.29 is 17.9 Å². The molecule has 0 radical (unpaired) electrons. The van der Waals surface area contributed by atoms with E-state index in [2.05, 4.69) is 12.2 Å². The van der Waals surface area contributed by atoms with Gasteiger partial charge in [-0.25, -0.2) is 8.42 Å². The van der Waals surface area contributed by atoms with Gasteiger partial charge >= 0.3 is 0 Å². The smallest absolute Gasteiger partial charge is 0.264 e. The Morgan fingerprint density at radius 3 is 2.30 bits per heavy atom. The van der Waals surface area contributed by atoms with Crippen molar-refractivity contribution in [2.75, 3.05) is 24.5 Å². The number of carbonyl (C=O) groups excluding carboxylic acids is 1. The van der Waals surface area contributed by atoms with E-state index in [1.54, 1.807) is 42.5 Å². The number of rotatable bonds is 10. The number of hydrogen-bond donors (Lipinski definition) is 1. The Labute approximate surface area is 161 Å². The number of ether oxygens (including phenoxy) is 1. The summed E-state index contributed by atoms with van der Waals surface area (Å²) in [4.78, 5) is 12.4. The van der Waals surface area contributed by atoms with Crippen LogP contribution in [0.15, 0.2) is 59.5 Å². The molecule has 146 valence electrons. The van der Waals surface area contributed by atoms with Gasteiger partial charge in [-0.15, -0.1) is 0 Å². The van der Waals surface area contributed by atoms with E-state index < -0.39 is 10.0 Å². The van der Waals surface area contributed by atoms with Gasteiger partial charge in [0.25, 0.3) is 10.0 Å². The summed E-state index contributed by atoms with van der Waals surface area (Å²) in [6, 6.07) is 14.7. The molecule has 0 bridgehead atoms. The van der Waals surface area contributed by atoms with Gasteiger partial charge in [-0.2, -0.15) is 0 Å². The van der Waals surface area contributed by atoms with Gasteiger partial charge in [0, 0.05) is 6.54 Å². The zero-order valence-corrected chi connectivity index (χ0v) is 16.5. The topological polar surface area (TPSA) is 75.7 Å². The lowest BCUT2D eigenvalue weighted by atomic mass is 10.2. The number of benzene rings is 2. The molecule has 0 saturated carbocycles. The standard InChI is InChI=1S/C20H26N2O4S/c1-3-4-8-15-21-20(23)16-22(17-9-6-5-7-10-17)27(24,25)19-13-11-18(26-2)12-14-19/h5-7,9-14H,3-4,8,15-16H2,1-2H3,(H,21,23). The summed E-state index contributed by atoms with van der Waals surface area (Å²) in [5, 5.41) is 2.79. The molecule has 0 aliphatic rings. The number of unbranched alkanes of at least 4 members (excludes halogenated alkanes) is 2. The van der Waals surface area contributed by atoms with E-state index >= 15 is 0 Å². The lowest BCUT2D eigenvalue weighted by molar-refractivity contribution is -0.119. The maximum atomic E-state index is 13.1. The van der Waals surface area contributed by atoms with Crippen molar-refractivity contribution in [1.29, 1.82) is 0 Å². The Balaban J connectivity index is 2.25. The predicted molar refractivity (Wildman–Crippen MR) is 107 cm³/mol. The molecule has 7 heteroatoms. The molecule has 1 N–H and O–H groups in total. The van der Waals surface area contributed by atoms with Crippen LogP contribution in [0.3, 0.4) is 0 Å². The monoisotopic (exact) mass is 390 g/mol. The molecule has 27 heavy (non-hydrogen) atoms. The minimum absolute atomic E-state index is 0.103. The summed E-state index contributed by atoms with van der Waals surface area (Å²) >= 11 is 0. The number of anilines is 1. The number of sulfonamides is 1. The molecule has 0 aliphatic carbocycles. The van der Waals surface area contributed by atoms with Gasteiger partial charge in [0.1, 0.15) is 12.3 Å². The maximum absolute atomic E-state index is 13.1. The van der Waals surface area contributed by atoms with Crippen LogP contribution in [0, 0.1) is 0 Å². The quantitative estimate of drug-likeness (QED) is 0.632. The van der Waals surface area contributed by atoms with Crippen molar-refractivity contribution in [1.82, 2.24) is 5.32 Å². The molecule has 0 fully saturated rings. The first-order valence-electron chi connectivity index (χ1n) is 8.97. The third-order valence-corrected chi connectivity index (χ3v) is 5.87. The number of amides is 1. The molecule has 0 atom stereocenters. The molecule has 2 rings (SSSR count). The van der Waals surface area contributed by atoms with Crippen molar-refractivity contribution in [3.05, 3.63) is 54.6 Å². The average Bonchev–Trinajstić information content (AvgIpc) is 2.70. The molecular weight excluding hydrogens is 364 g/mol. The second-order valence-electron chi connectivity index (χ2n) is 6.08. The van der Waals surface area contributed by atoms with Gasteiger partial charge in [-0.1, -0.05) is 38.0 Å². The summed E-state index contributed by atoms with van der Waals surface area (Å²) < 4.78 is 32.5. The third kappa shape index (κ3) is 5.72. The molecular formula is C20H26N2O4S. The molecule has 0 aliphatic heterocycles. The number of nitrogens with one attached hydrogen (secondary N) is 1. The molecule has 0 heterocycles. The van der Waals surface area contributed by atoms with Gasteiger partial charge in [-0.05, 0) is 42.8 Å². The van der Waals surface area contributed by atoms with Crippen molar-refractivity contribution in [3.63, 3.8) is 0 Å². The summed E-state index contributed by atoms with van der Waals surface area (Å²) in [7, 11) is -2.38. The van der Waals surface area contributed by atoms with Crippen molar-refractivity contribution in [2.45, 2.75) is 31.1 Å². The van der Waals surface area contributed by atoms with Crippen molar-refractivity contribution in [3.8, 4) is 5.75 Å². The normalized spacial score (nSPS) is 11.0. The van der Waals surface area contributed by atoms with Gasteiger partial charge in [0.2, 0.25) is 5.91 Å². The summed E-state index contributed by atoms with van der Waals surface area (Å²) in [6.45, 7) is 2.35. The summed E-state index contributed by atoms with van der Waals surface area (Å²) in [5.74, 6) is 0.237. The van der Waals surface area contributed by atoms with E-state index in [1.807, 2.05) is 0 Å². The summed E-state index contributed by atoms with van der Waals surface area (Å²) in [5.41, 5.74) is 0.442. The minimum Gasteiger partial charge on any atom is -0.497 e. The fourth-order valence-electron chi connectivity index (χ4n) is 2.57. The molecule has 2 aromatic carbocycles. The molecule has 0 unspecified atom stereocenters. The van der Waals surface area contributed by atoms with Crippen molar-refractivity contribution in [2.24, 2.45) is 0 Å². The van der Waals surface area contributed by atoms with E-state index in [-0.39, 0.29) is 17.3 Å². The largest absolute Gasteiger partial charge is 0.497 e. The van der Waals surface area contributed by atoms with E-state index in [4.69, 9.17) is 4.74 Å². The Kier molecular flexibility index (Phi) is 7.67. The molecule has 2 aromatic rings. The lowest BCUT2D eigenvalue weighted by Gasteiger charge is -2.24. The van der Waals surface area contributed by atoms with Crippen LogP contribution >= 0.6 is 0 Å². The van der Waals surface area contributed by atoms with Gasteiger partial charge in [0.05, 0.1) is 17.7 Å². The zero-order valence-electron chi connectivity index (χ0n) is 15.7. The number of methoxy groups -OCH3 is 1. The Hall–Kier alpha value is -2.54. The van der Waals surface area contributed by atoms with Crippen LogP contribution in [0.4, 0.5) is 5.69 Å². The fourth-order valence-corrected chi connectivity index (χ4v) is 3.99. The van der Waals surface area contributed by atoms with Crippen LogP contribution in [0.2, 0.25) is 0 Å². The highest BCUT2D eigenvalue weighted by Gasteiger charge is 2.27. The first-order valence-corrected chi connectivity index (χ1v) is 10.4. The van der Waals surface area contributed by atoms with E-state index in [1.165, 1.54) is 19.2 Å². The van der Waals surface area contributed by atoms with Crippen LogP contribution < -0.4 is 14.4 Å².